The number of halogens is 1. The Morgan fingerprint density at radius 2 is 2.00 bits per heavy atom. The Morgan fingerprint density at radius 3 is 2.50 bits per heavy atom. The van der Waals surface area contributed by atoms with Crippen LogP contribution in [0.3, 0.4) is 0 Å². The summed E-state index contributed by atoms with van der Waals surface area (Å²) in [6.45, 7) is 2.61. The van der Waals surface area contributed by atoms with Crippen LogP contribution in [0.2, 0.25) is 0 Å². The second kappa shape index (κ2) is 6.04. The van der Waals surface area contributed by atoms with E-state index in [0.29, 0.717) is 11.3 Å². The molecule has 1 atom stereocenters. The molecule has 0 aliphatic heterocycles. The summed E-state index contributed by atoms with van der Waals surface area (Å²) in [5, 5.41) is 0. The number of nitrogens with one attached hydrogen (secondary N) is 1. The lowest BCUT2D eigenvalue weighted by Crippen LogP contribution is -2.28. The Kier molecular flexibility index (Phi) is 4.41. The molecule has 2 rings (SSSR count). The molecular weight excluding hydrogens is 296 g/mol. The van der Waals surface area contributed by atoms with Crippen LogP contribution in [0.4, 0.5) is 0 Å². The summed E-state index contributed by atoms with van der Waals surface area (Å²) in [5.41, 5.74) is 3.76. The van der Waals surface area contributed by atoms with Crippen LogP contribution < -0.4 is 16.0 Å². The second-order valence-corrected chi connectivity index (χ2v) is 4.53. The molecule has 5 heteroatoms. The second-order valence-electron chi connectivity index (χ2n) is 3.74. The van der Waals surface area contributed by atoms with Crippen molar-refractivity contribution in [3.05, 3.63) is 52.4 Å². The van der Waals surface area contributed by atoms with Crippen LogP contribution in [0.5, 0.6) is 5.75 Å². The predicted octanol–water partition coefficient (Wildman–Crippen LogP) is 2.99. The Bertz CT molecular complexity index is 496. The van der Waals surface area contributed by atoms with E-state index in [4.69, 9.17) is 15.0 Å². The van der Waals surface area contributed by atoms with Gasteiger partial charge in [-0.15, -0.1) is 0 Å². The molecule has 1 unspecified atom stereocenters. The number of hydrogen-bond acceptors (Lipinski definition) is 4. The molecule has 0 aliphatic rings. The minimum absolute atomic E-state index is 0.174. The van der Waals surface area contributed by atoms with E-state index >= 15 is 0 Å². The van der Waals surface area contributed by atoms with Crippen LogP contribution in [0.1, 0.15) is 24.3 Å². The molecule has 0 saturated carbocycles. The summed E-state index contributed by atoms with van der Waals surface area (Å²) in [7, 11) is 0. The molecule has 96 valence electrons. The third-order valence-electron chi connectivity index (χ3n) is 2.57. The largest absolute Gasteiger partial charge is 0.494 e. The fourth-order valence-corrected chi connectivity index (χ4v) is 2.07. The molecule has 3 N–H and O–H groups in total. The summed E-state index contributed by atoms with van der Waals surface area (Å²) in [5.74, 6) is 7.19. The minimum Gasteiger partial charge on any atom is -0.494 e. The Labute approximate surface area is 114 Å². The third kappa shape index (κ3) is 2.93. The van der Waals surface area contributed by atoms with Crippen LogP contribution in [0, 0.1) is 0 Å². The molecule has 1 aromatic heterocycles. The smallest absolute Gasteiger partial charge is 0.169 e. The quantitative estimate of drug-likeness (QED) is 0.658. The van der Waals surface area contributed by atoms with Crippen molar-refractivity contribution in [2.24, 2.45) is 5.84 Å². The predicted molar refractivity (Wildman–Crippen MR) is 73.2 cm³/mol. The van der Waals surface area contributed by atoms with E-state index in [0.717, 1.165) is 17.1 Å². The number of nitrogens with two attached hydrogens (primary N) is 1. The van der Waals surface area contributed by atoms with Crippen molar-refractivity contribution < 1.29 is 9.15 Å². The highest BCUT2D eigenvalue weighted by atomic mass is 79.9. The summed E-state index contributed by atoms with van der Waals surface area (Å²) < 4.78 is 11.6. The topological polar surface area (TPSA) is 60.4 Å². The number of furan rings is 1. The zero-order valence-electron chi connectivity index (χ0n) is 10.0. The van der Waals surface area contributed by atoms with Crippen LogP contribution in [0.15, 0.2) is 45.5 Å². The number of hydrogen-bond donors (Lipinski definition) is 2. The summed E-state index contributed by atoms with van der Waals surface area (Å²) in [6, 6.07) is 11.3. The van der Waals surface area contributed by atoms with Crippen molar-refractivity contribution in [1.29, 1.82) is 0 Å². The van der Waals surface area contributed by atoms with Gasteiger partial charge in [0.05, 0.1) is 6.61 Å². The van der Waals surface area contributed by atoms with Crippen LogP contribution in [0.25, 0.3) is 0 Å². The van der Waals surface area contributed by atoms with Gasteiger partial charge in [0.1, 0.15) is 17.6 Å². The van der Waals surface area contributed by atoms with Gasteiger partial charge in [0, 0.05) is 0 Å². The highest BCUT2D eigenvalue weighted by molar-refractivity contribution is 9.10. The molecule has 18 heavy (non-hydrogen) atoms. The van der Waals surface area contributed by atoms with E-state index in [1.807, 2.05) is 43.3 Å². The van der Waals surface area contributed by atoms with E-state index < -0.39 is 0 Å². The first kappa shape index (κ1) is 13.1. The van der Waals surface area contributed by atoms with Gasteiger partial charge in [0.25, 0.3) is 0 Å². The first-order valence-corrected chi connectivity index (χ1v) is 6.48. The van der Waals surface area contributed by atoms with E-state index in [-0.39, 0.29) is 6.04 Å². The molecule has 0 amide bonds. The van der Waals surface area contributed by atoms with Crippen molar-refractivity contribution in [3.8, 4) is 5.75 Å². The van der Waals surface area contributed by atoms with Crippen LogP contribution in [-0.4, -0.2) is 6.61 Å². The van der Waals surface area contributed by atoms with Gasteiger partial charge >= 0.3 is 0 Å². The fraction of sp³-hybridized carbons (Fsp3) is 0.231. The van der Waals surface area contributed by atoms with Gasteiger partial charge in [0.2, 0.25) is 0 Å². The average molecular weight is 311 g/mol. The fourth-order valence-electron chi connectivity index (χ4n) is 1.75. The molecule has 4 nitrogen and oxygen atoms in total. The van der Waals surface area contributed by atoms with Gasteiger partial charge in [0.15, 0.2) is 4.67 Å². The maximum Gasteiger partial charge on any atom is 0.169 e. The summed E-state index contributed by atoms with van der Waals surface area (Å²) in [4.78, 5) is 0. The molecule has 0 bridgehead atoms. The van der Waals surface area contributed by atoms with Gasteiger partial charge in [-0.25, -0.2) is 5.43 Å². The first-order chi connectivity index (χ1) is 8.74. The van der Waals surface area contributed by atoms with E-state index in [9.17, 15) is 0 Å². The lowest BCUT2D eigenvalue weighted by atomic mass is 10.1. The third-order valence-corrected chi connectivity index (χ3v) is 3.00. The Morgan fingerprint density at radius 1 is 1.28 bits per heavy atom. The zero-order valence-corrected chi connectivity index (χ0v) is 11.6. The molecule has 0 saturated heterocycles. The number of hydrazine groups is 1. The van der Waals surface area contributed by atoms with E-state index in [1.165, 1.54) is 0 Å². The average Bonchev–Trinajstić information content (AvgIpc) is 2.79. The summed E-state index contributed by atoms with van der Waals surface area (Å²) >= 11 is 3.28. The van der Waals surface area contributed by atoms with Gasteiger partial charge in [-0.2, -0.15) is 0 Å². The molecule has 0 radical (unpaired) electrons. The molecule has 0 aliphatic carbocycles. The highest BCUT2D eigenvalue weighted by Gasteiger charge is 2.16. The van der Waals surface area contributed by atoms with Crippen molar-refractivity contribution in [2.45, 2.75) is 13.0 Å². The summed E-state index contributed by atoms with van der Waals surface area (Å²) in [6.07, 6.45) is 0. The van der Waals surface area contributed by atoms with E-state index in [2.05, 4.69) is 21.4 Å². The number of benzene rings is 1. The first-order valence-electron chi connectivity index (χ1n) is 5.68. The molecule has 0 fully saturated rings. The van der Waals surface area contributed by atoms with Crippen molar-refractivity contribution in [2.75, 3.05) is 6.61 Å². The molecule has 1 aromatic carbocycles. The Hall–Kier alpha value is -1.30. The molecule has 0 spiro atoms. The SMILES string of the molecule is CCOc1ccc(C(NN)c2ccc(Br)o2)cc1. The minimum atomic E-state index is -0.174. The van der Waals surface area contributed by atoms with E-state index in [1.54, 1.807) is 0 Å². The zero-order chi connectivity index (χ0) is 13.0. The number of ether oxygens (including phenoxy) is 1. The van der Waals surface area contributed by atoms with Crippen molar-refractivity contribution in [3.63, 3.8) is 0 Å². The lowest BCUT2D eigenvalue weighted by Gasteiger charge is -2.14. The number of rotatable bonds is 5. The van der Waals surface area contributed by atoms with Crippen molar-refractivity contribution >= 4 is 15.9 Å². The maximum absolute atomic E-state index is 5.59. The van der Waals surface area contributed by atoms with Gasteiger partial charge < -0.3 is 9.15 Å². The molecular formula is C13H15BrN2O2. The Balaban J connectivity index is 2.22. The lowest BCUT2D eigenvalue weighted by molar-refractivity contribution is 0.340. The van der Waals surface area contributed by atoms with Crippen molar-refractivity contribution in [1.82, 2.24) is 5.43 Å². The monoisotopic (exact) mass is 310 g/mol. The van der Waals surface area contributed by atoms with Crippen LogP contribution in [-0.2, 0) is 0 Å². The van der Waals surface area contributed by atoms with Gasteiger partial charge in [-0.1, -0.05) is 12.1 Å². The molecule has 2 aromatic rings. The van der Waals surface area contributed by atoms with Gasteiger partial charge in [-0.3, -0.25) is 5.84 Å². The standard InChI is InChI=1S/C13H15BrN2O2/c1-2-17-10-5-3-9(4-6-10)13(16-15)11-7-8-12(14)18-11/h3-8,13,16H,2,15H2,1H3. The highest BCUT2D eigenvalue weighted by Crippen LogP contribution is 2.26. The van der Waals surface area contributed by atoms with Gasteiger partial charge in [-0.05, 0) is 52.7 Å². The normalized spacial score (nSPS) is 12.4. The molecule has 1 heterocycles. The van der Waals surface area contributed by atoms with Crippen LogP contribution >= 0.6 is 15.9 Å². The maximum atomic E-state index is 5.59.